The van der Waals surface area contributed by atoms with Crippen LogP contribution in [0.15, 0.2) is 13.2 Å². The Morgan fingerprint density at radius 2 is 1.18 bits per heavy atom. The predicted octanol–water partition coefficient (Wildman–Crippen LogP) is 1.89. The molecule has 0 N–H and O–H groups in total. The molecule has 0 aliphatic heterocycles. The summed E-state index contributed by atoms with van der Waals surface area (Å²) in [5.41, 5.74) is 0. The van der Waals surface area contributed by atoms with Gasteiger partial charge < -0.3 is 18.9 Å². The summed E-state index contributed by atoms with van der Waals surface area (Å²) in [5, 5.41) is 0. The lowest BCUT2D eigenvalue weighted by molar-refractivity contribution is -0.146. The molecule has 0 heterocycles. The minimum atomic E-state index is -0.649. The molecule has 0 aromatic rings. The Balaban J connectivity index is -0.000000313. The molecule has 7 heteroatoms. The third-order valence-corrected chi connectivity index (χ3v) is 1.94. The summed E-state index contributed by atoms with van der Waals surface area (Å²) < 4.78 is 18.6. The first-order valence-electron chi connectivity index (χ1n) is 6.79. The van der Waals surface area contributed by atoms with Crippen molar-refractivity contribution < 1.29 is 33.3 Å². The topological polar surface area (TPSA) is 88.1 Å². The highest BCUT2D eigenvalue weighted by molar-refractivity contribution is 6.03. The van der Waals surface area contributed by atoms with E-state index in [1.807, 2.05) is 20.8 Å². The average Bonchev–Trinajstić information content (AvgIpc) is 2.50. The molecule has 0 amide bonds. The Labute approximate surface area is 132 Å². The third-order valence-electron chi connectivity index (χ3n) is 1.94. The molecular formula is C15H28O7. The number of esters is 2. The van der Waals surface area contributed by atoms with Crippen LogP contribution >= 0.6 is 0 Å². The molecule has 0 aliphatic rings. The first-order valence-corrected chi connectivity index (χ1v) is 6.79. The summed E-state index contributed by atoms with van der Waals surface area (Å²) in [4.78, 5) is 31.8. The minimum Gasteiger partial charge on any atom is -0.469 e. The van der Waals surface area contributed by atoms with Crippen molar-refractivity contribution in [3.05, 3.63) is 13.2 Å². The number of methoxy groups -OCH3 is 2. The summed E-state index contributed by atoms with van der Waals surface area (Å²) in [6.45, 7) is 13.3. The van der Waals surface area contributed by atoms with Crippen LogP contribution in [0, 0.1) is 0 Å². The van der Waals surface area contributed by atoms with Crippen LogP contribution in [0.4, 0.5) is 0 Å². The van der Waals surface area contributed by atoms with Gasteiger partial charge in [-0.3, -0.25) is 14.4 Å². The second kappa shape index (κ2) is 19.3. The minimum absolute atomic E-state index is 0.0370. The Hall–Kier alpha value is -1.73. The first kappa shape index (κ1) is 25.2. The highest BCUT2D eigenvalue weighted by Gasteiger charge is 2.13. The number of carbonyl (C=O) groups is 3. The Morgan fingerprint density at radius 1 is 0.864 bits per heavy atom. The van der Waals surface area contributed by atoms with Crippen LogP contribution in [0.1, 0.15) is 33.6 Å². The number of Topliss-reactive ketones (excluding diaryl/α,β-unsaturated/α-hetero) is 1. The number of ketones is 1. The zero-order valence-electron chi connectivity index (χ0n) is 14.2. The van der Waals surface area contributed by atoms with E-state index < -0.39 is 17.7 Å². The number of ether oxygens (including phenoxy) is 4. The lowest BCUT2D eigenvalue weighted by Gasteiger charge is -2.09. The predicted molar refractivity (Wildman–Crippen MR) is 82.2 cm³/mol. The van der Waals surface area contributed by atoms with Crippen LogP contribution in [0.2, 0.25) is 0 Å². The van der Waals surface area contributed by atoms with Gasteiger partial charge in [0.2, 0.25) is 0 Å². The van der Waals surface area contributed by atoms with E-state index in [1.165, 1.54) is 14.2 Å². The van der Waals surface area contributed by atoms with Gasteiger partial charge in [0.05, 0.1) is 14.2 Å². The van der Waals surface area contributed by atoms with Crippen LogP contribution in [0.3, 0.4) is 0 Å². The van der Waals surface area contributed by atoms with E-state index in [2.05, 4.69) is 22.6 Å². The molecule has 0 saturated heterocycles. The largest absolute Gasteiger partial charge is 0.469 e. The summed E-state index contributed by atoms with van der Waals surface area (Å²) in [6.07, 6.45) is -0.804. The molecule has 0 aromatic carbocycles. The average molecular weight is 320 g/mol. The second-order valence-electron chi connectivity index (χ2n) is 3.52. The van der Waals surface area contributed by atoms with Crippen LogP contribution in [0.25, 0.3) is 0 Å². The maximum absolute atomic E-state index is 10.8. The van der Waals surface area contributed by atoms with E-state index in [4.69, 9.17) is 9.47 Å². The Bertz CT molecular complexity index is 276. The maximum atomic E-state index is 10.8. The lowest BCUT2D eigenvalue weighted by Crippen LogP contribution is -2.14. The maximum Gasteiger partial charge on any atom is 0.313 e. The molecule has 0 atom stereocenters. The van der Waals surface area contributed by atoms with Crippen molar-refractivity contribution in [1.82, 2.24) is 0 Å². The van der Waals surface area contributed by atoms with Gasteiger partial charge in [-0.15, -0.1) is 13.2 Å². The van der Waals surface area contributed by atoms with E-state index in [0.29, 0.717) is 0 Å². The van der Waals surface area contributed by atoms with E-state index in [0.717, 1.165) is 13.2 Å². The van der Waals surface area contributed by atoms with Crippen molar-refractivity contribution in [1.29, 1.82) is 0 Å². The van der Waals surface area contributed by atoms with Crippen molar-refractivity contribution in [3.63, 3.8) is 0 Å². The lowest BCUT2D eigenvalue weighted by atomic mass is 10.2. The van der Waals surface area contributed by atoms with Crippen molar-refractivity contribution >= 4 is 17.7 Å². The van der Waals surface area contributed by atoms with E-state index in [1.54, 1.807) is 0 Å². The van der Waals surface area contributed by atoms with Gasteiger partial charge in [0.1, 0.15) is 12.8 Å². The molecule has 0 radical (unpaired) electrons. The van der Waals surface area contributed by atoms with Gasteiger partial charge in [-0.1, -0.05) is 0 Å². The molecule has 0 aliphatic carbocycles. The molecule has 22 heavy (non-hydrogen) atoms. The second-order valence-corrected chi connectivity index (χ2v) is 3.52. The summed E-state index contributed by atoms with van der Waals surface area (Å²) >= 11 is 0. The quantitative estimate of drug-likeness (QED) is 0.292. The van der Waals surface area contributed by atoms with Gasteiger partial charge in [-0.25, -0.2) is 0 Å². The van der Waals surface area contributed by atoms with Crippen molar-refractivity contribution in [3.8, 4) is 0 Å². The molecule has 0 spiro atoms. The highest BCUT2D eigenvalue weighted by Crippen LogP contribution is 1.93. The van der Waals surface area contributed by atoms with Crippen molar-refractivity contribution in [2.24, 2.45) is 0 Å². The fourth-order valence-corrected chi connectivity index (χ4v) is 1.05. The monoisotopic (exact) mass is 320 g/mol. The van der Waals surface area contributed by atoms with E-state index >= 15 is 0 Å². The third kappa shape index (κ3) is 20.6. The van der Waals surface area contributed by atoms with E-state index in [-0.39, 0.29) is 19.1 Å². The van der Waals surface area contributed by atoms with Crippen LogP contribution in [-0.2, 0) is 33.3 Å². The van der Waals surface area contributed by atoms with Gasteiger partial charge in [-0.05, 0) is 20.8 Å². The Morgan fingerprint density at radius 3 is 1.41 bits per heavy atom. The zero-order valence-corrected chi connectivity index (χ0v) is 14.2. The first-order chi connectivity index (χ1) is 10.4. The highest BCUT2D eigenvalue weighted by atomic mass is 16.7. The Kier molecular flexibility index (Phi) is 22.1. The van der Waals surface area contributed by atoms with Gasteiger partial charge in [0.15, 0.2) is 12.1 Å². The van der Waals surface area contributed by atoms with Gasteiger partial charge in [0.25, 0.3) is 0 Å². The normalized spacial score (nSPS) is 8.82. The van der Waals surface area contributed by atoms with Crippen LogP contribution < -0.4 is 0 Å². The number of carbonyl (C=O) groups excluding carboxylic acids is 3. The van der Waals surface area contributed by atoms with Crippen molar-refractivity contribution in [2.75, 3.05) is 27.4 Å². The van der Waals surface area contributed by atoms with Gasteiger partial charge in [-0.2, -0.15) is 0 Å². The molecule has 0 bridgehead atoms. The molecule has 0 fully saturated rings. The van der Waals surface area contributed by atoms with Gasteiger partial charge in [0, 0.05) is 13.2 Å². The number of hydrogen-bond donors (Lipinski definition) is 0. The fourth-order valence-electron chi connectivity index (χ4n) is 1.05. The van der Waals surface area contributed by atoms with Crippen LogP contribution in [0.5, 0.6) is 0 Å². The summed E-state index contributed by atoms with van der Waals surface area (Å²) in [7, 11) is 2.35. The smallest absolute Gasteiger partial charge is 0.313 e. The van der Waals surface area contributed by atoms with Crippen molar-refractivity contribution in [2.45, 2.75) is 39.9 Å². The van der Waals surface area contributed by atoms with E-state index in [9.17, 15) is 14.4 Å². The molecule has 7 nitrogen and oxygen atoms in total. The molecule has 130 valence electrons. The molecule has 0 unspecified atom stereocenters. The summed E-state index contributed by atoms with van der Waals surface area (Å²) in [6, 6.07) is 0. The zero-order chi connectivity index (χ0) is 18.0. The molecule has 0 aromatic heterocycles. The standard InChI is InChI=1S/C7H10O5.C6H14O2.C2H4/c1-11-6(9)3-5(8)4-7(10)12-2;1-4-7-6(3)8-5-2;1-2/h3-4H2,1-2H3;6H,4-5H2,1-3H3;1-2H2. The number of rotatable bonds is 8. The fraction of sp³-hybridized carbons (Fsp3) is 0.667. The summed E-state index contributed by atoms with van der Waals surface area (Å²) in [5.74, 6) is -1.80. The molecular weight excluding hydrogens is 292 g/mol. The van der Waals surface area contributed by atoms with Crippen LogP contribution in [-0.4, -0.2) is 51.4 Å². The molecule has 0 saturated carbocycles. The molecule has 0 rings (SSSR count). The van der Waals surface area contributed by atoms with Gasteiger partial charge >= 0.3 is 11.9 Å². The number of hydrogen-bond acceptors (Lipinski definition) is 7. The SMILES string of the molecule is C=C.CCOC(C)OCC.COC(=O)CC(=O)CC(=O)OC.